The number of carboxylic acids is 1. The third kappa shape index (κ3) is 4.24. The lowest BCUT2D eigenvalue weighted by molar-refractivity contribution is -0.119. The number of carbonyl (C=O) groups is 2. The molecule has 0 bridgehead atoms. The molecular weight excluding hydrogens is 304 g/mol. The first-order valence-corrected chi connectivity index (χ1v) is 7.18. The van der Waals surface area contributed by atoms with Crippen LogP contribution in [0.4, 0.5) is 5.13 Å². The van der Waals surface area contributed by atoms with Crippen LogP contribution in [0.15, 0.2) is 30.3 Å². The number of carbonyl (C=O) groups excluding carboxylic acids is 1. The van der Waals surface area contributed by atoms with Crippen molar-refractivity contribution in [1.29, 1.82) is 0 Å². The number of nitrogens with one attached hydrogen (secondary N) is 1. The van der Waals surface area contributed by atoms with Gasteiger partial charge >= 0.3 is 5.97 Å². The molecule has 0 unspecified atom stereocenters. The molecule has 22 heavy (non-hydrogen) atoms. The van der Waals surface area contributed by atoms with Crippen molar-refractivity contribution in [1.82, 2.24) is 4.98 Å². The van der Waals surface area contributed by atoms with Crippen LogP contribution < -0.4 is 5.32 Å². The molecule has 0 radical (unpaired) electrons. The number of hydrogen-bond donors (Lipinski definition) is 2. The number of anilines is 1. The van der Waals surface area contributed by atoms with E-state index in [2.05, 4.69) is 10.3 Å². The summed E-state index contributed by atoms with van der Waals surface area (Å²) < 4.78 is 4.70. The van der Waals surface area contributed by atoms with E-state index in [0.717, 1.165) is 16.9 Å². The third-order valence-electron chi connectivity index (χ3n) is 2.60. The number of carboxylic acid groups (broad SMARTS) is 1. The summed E-state index contributed by atoms with van der Waals surface area (Å²) in [5.74, 6) is -1.47. The summed E-state index contributed by atoms with van der Waals surface area (Å²) in [6.07, 6.45) is 3.38. The molecule has 1 heterocycles. The first-order chi connectivity index (χ1) is 10.6. The van der Waals surface area contributed by atoms with Crippen molar-refractivity contribution < 1.29 is 19.4 Å². The molecule has 0 aliphatic heterocycles. The normalized spacial score (nSPS) is 10.8. The van der Waals surface area contributed by atoms with Crippen LogP contribution in [0.25, 0.3) is 12.2 Å². The highest BCUT2D eigenvalue weighted by molar-refractivity contribution is 7.17. The Morgan fingerprint density at radius 3 is 2.68 bits per heavy atom. The van der Waals surface area contributed by atoms with Gasteiger partial charge in [0.15, 0.2) is 5.13 Å². The standard InChI is InChI=1S/C15H14N2O4S/c1-21-9-12(18)17-15-16-11(13(22-15)14(19)20)8-7-10-5-3-2-4-6-10/h2-8H,9H2,1H3,(H,19,20)(H,16,17,18)/b8-7+. The Morgan fingerprint density at radius 2 is 2.05 bits per heavy atom. The molecule has 6 nitrogen and oxygen atoms in total. The first-order valence-electron chi connectivity index (χ1n) is 6.36. The molecule has 1 amide bonds. The van der Waals surface area contributed by atoms with Crippen molar-refractivity contribution in [2.24, 2.45) is 0 Å². The topological polar surface area (TPSA) is 88.5 Å². The van der Waals surface area contributed by atoms with Crippen LogP contribution in [-0.4, -0.2) is 35.7 Å². The SMILES string of the molecule is COCC(=O)Nc1nc(/C=C/c2ccccc2)c(C(=O)O)s1. The van der Waals surface area contributed by atoms with Crippen LogP contribution in [0, 0.1) is 0 Å². The van der Waals surface area contributed by atoms with Crippen LogP contribution in [0.5, 0.6) is 0 Å². The van der Waals surface area contributed by atoms with Gasteiger partial charge in [-0.15, -0.1) is 0 Å². The quantitative estimate of drug-likeness (QED) is 0.854. The summed E-state index contributed by atoms with van der Waals surface area (Å²) in [7, 11) is 1.40. The van der Waals surface area contributed by atoms with E-state index in [0.29, 0.717) is 5.69 Å². The average Bonchev–Trinajstić information content (AvgIpc) is 2.89. The number of amides is 1. The molecule has 0 saturated heterocycles. The Labute approximate surface area is 131 Å². The lowest BCUT2D eigenvalue weighted by atomic mass is 10.2. The number of benzene rings is 1. The molecule has 2 aromatic rings. The molecule has 0 atom stereocenters. The van der Waals surface area contributed by atoms with Crippen molar-refractivity contribution in [3.63, 3.8) is 0 Å². The molecule has 7 heteroatoms. The predicted molar refractivity (Wildman–Crippen MR) is 84.9 cm³/mol. The minimum absolute atomic E-state index is 0.0693. The van der Waals surface area contributed by atoms with E-state index in [-0.39, 0.29) is 22.5 Å². The molecule has 0 aliphatic carbocycles. The lowest BCUT2D eigenvalue weighted by Gasteiger charge is -1.98. The Kier molecular flexibility index (Phi) is 5.40. The second-order valence-corrected chi connectivity index (χ2v) is 5.26. The maximum atomic E-state index is 11.4. The summed E-state index contributed by atoms with van der Waals surface area (Å²) in [6, 6.07) is 9.45. The second-order valence-electron chi connectivity index (χ2n) is 4.26. The number of ether oxygens (including phenoxy) is 1. The Morgan fingerprint density at radius 1 is 1.32 bits per heavy atom. The summed E-state index contributed by atoms with van der Waals surface area (Å²) >= 11 is 0.908. The molecular formula is C15H14N2O4S. The summed E-state index contributed by atoms with van der Waals surface area (Å²) in [4.78, 5) is 26.9. The third-order valence-corrected chi connectivity index (χ3v) is 3.58. The lowest BCUT2D eigenvalue weighted by Crippen LogP contribution is -2.16. The molecule has 0 spiro atoms. The van der Waals surface area contributed by atoms with Crippen molar-refractivity contribution in [2.75, 3.05) is 19.0 Å². The minimum Gasteiger partial charge on any atom is -0.477 e. The highest BCUT2D eigenvalue weighted by atomic mass is 32.1. The number of methoxy groups -OCH3 is 1. The molecule has 114 valence electrons. The van der Waals surface area contributed by atoms with E-state index in [1.54, 1.807) is 12.2 Å². The Balaban J connectivity index is 2.22. The van der Waals surface area contributed by atoms with Gasteiger partial charge in [-0.2, -0.15) is 0 Å². The zero-order chi connectivity index (χ0) is 15.9. The molecule has 1 aromatic heterocycles. The predicted octanol–water partition coefficient (Wildman–Crippen LogP) is 2.60. The Hall–Kier alpha value is -2.51. The van der Waals surface area contributed by atoms with E-state index in [1.165, 1.54) is 7.11 Å². The van der Waals surface area contributed by atoms with Gasteiger partial charge in [-0.1, -0.05) is 47.7 Å². The second kappa shape index (κ2) is 7.48. The van der Waals surface area contributed by atoms with Gasteiger partial charge in [0.2, 0.25) is 0 Å². The fourth-order valence-electron chi connectivity index (χ4n) is 1.68. The number of rotatable bonds is 6. The number of aromatic carboxylic acids is 1. The van der Waals surface area contributed by atoms with E-state index in [9.17, 15) is 14.7 Å². The van der Waals surface area contributed by atoms with Crippen molar-refractivity contribution in [3.8, 4) is 0 Å². The summed E-state index contributed by atoms with van der Waals surface area (Å²) in [6.45, 7) is -0.114. The molecule has 2 N–H and O–H groups in total. The van der Waals surface area contributed by atoms with Crippen molar-refractivity contribution in [2.45, 2.75) is 0 Å². The highest BCUT2D eigenvalue weighted by Gasteiger charge is 2.16. The molecule has 2 rings (SSSR count). The van der Waals surface area contributed by atoms with Crippen LogP contribution in [0.1, 0.15) is 20.9 Å². The first kappa shape index (κ1) is 15.9. The van der Waals surface area contributed by atoms with Gasteiger partial charge in [-0.3, -0.25) is 10.1 Å². The van der Waals surface area contributed by atoms with Gasteiger partial charge in [0.05, 0.1) is 5.69 Å². The zero-order valence-electron chi connectivity index (χ0n) is 11.8. The number of nitrogens with zero attached hydrogens (tertiary/aromatic N) is 1. The van der Waals surface area contributed by atoms with Gasteiger partial charge in [-0.05, 0) is 11.6 Å². The van der Waals surface area contributed by atoms with Gasteiger partial charge in [0, 0.05) is 7.11 Å². The van der Waals surface area contributed by atoms with Crippen LogP contribution in [0.2, 0.25) is 0 Å². The van der Waals surface area contributed by atoms with E-state index < -0.39 is 5.97 Å². The van der Waals surface area contributed by atoms with E-state index in [1.807, 2.05) is 30.3 Å². The van der Waals surface area contributed by atoms with Gasteiger partial charge in [0.1, 0.15) is 11.5 Å². The van der Waals surface area contributed by atoms with Crippen LogP contribution in [0.3, 0.4) is 0 Å². The summed E-state index contributed by atoms with van der Waals surface area (Å²) in [5, 5.41) is 11.9. The molecule has 1 aromatic carbocycles. The van der Waals surface area contributed by atoms with Crippen molar-refractivity contribution in [3.05, 3.63) is 46.5 Å². The minimum atomic E-state index is -1.09. The van der Waals surface area contributed by atoms with Crippen LogP contribution >= 0.6 is 11.3 Å². The van der Waals surface area contributed by atoms with E-state index in [4.69, 9.17) is 4.74 Å². The fraction of sp³-hybridized carbons (Fsp3) is 0.133. The number of hydrogen-bond acceptors (Lipinski definition) is 5. The Bertz CT molecular complexity index is 695. The number of aromatic nitrogens is 1. The molecule has 0 saturated carbocycles. The molecule has 0 fully saturated rings. The average molecular weight is 318 g/mol. The fourth-order valence-corrected chi connectivity index (χ4v) is 2.49. The van der Waals surface area contributed by atoms with Crippen LogP contribution in [-0.2, 0) is 9.53 Å². The smallest absolute Gasteiger partial charge is 0.348 e. The summed E-state index contributed by atoms with van der Waals surface area (Å²) in [5.41, 5.74) is 1.23. The number of thiazole rings is 1. The zero-order valence-corrected chi connectivity index (χ0v) is 12.6. The van der Waals surface area contributed by atoms with Gasteiger partial charge in [-0.25, -0.2) is 9.78 Å². The highest BCUT2D eigenvalue weighted by Crippen LogP contribution is 2.24. The van der Waals surface area contributed by atoms with E-state index >= 15 is 0 Å². The largest absolute Gasteiger partial charge is 0.477 e. The monoisotopic (exact) mass is 318 g/mol. The van der Waals surface area contributed by atoms with Gasteiger partial charge in [0.25, 0.3) is 5.91 Å². The maximum Gasteiger partial charge on any atom is 0.348 e. The molecule has 0 aliphatic rings. The van der Waals surface area contributed by atoms with Crippen molar-refractivity contribution >= 4 is 40.5 Å². The maximum absolute atomic E-state index is 11.4. The van der Waals surface area contributed by atoms with Gasteiger partial charge < -0.3 is 9.84 Å².